The predicted molar refractivity (Wildman–Crippen MR) is 54.8 cm³/mol. The van der Waals surface area contributed by atoms with Crippen molar-refractivity contribution in [1.29, 1.82) is 0 Å². The third-order valence-electron chi connectivity index (χ3n) is 4.58. The molecule has 4 nitrogen and oxygen atoms in total. The van der Waals surface area contributed by atoms with Crippen LogP contribution in [0.25, 0.3) is 0 Å². The molecule has 0 aromatic rings. The van der Waals surface area contributed by atoms with E-state index in [2.05, 4.69) is 19.0 Å². The van der Waals surface area contributed by atoms with Gasteiger partial charge in [-0.15, -0.1) is 0 Å². The van der Waals surface area contributed by atoms with Gasteiger partial charge < -0.3 is 9.94 Å². The molecule has 2 aliphatic carbocycles. The first-order valence-corrected chi connectivity index (χ1v) is 5.30. The largest absolute Gasteiger partial charge is 0.468 e. The van der Waals surface area contributed by atoms with Gasteiger partial charge in [-0.05, 0) is 30.6 Å². The van der Waals surface area contributed by atoms with Crippen LogP contribution in [0.2, 0.25) is 0 Å². The minimum Gasteiger partial charge on any atom is -0.468 e. The second-order valence-corrected chi connectivity index (χ2v) is 5.11. The summed E-state index contributed by atoms with van der Waals surface area (Å²) < 4.78 is 4.89. The Morgan fingerprint density at radius 3 is 2.73 bits per heavy atom. The zero-order valence-electron chi connectivity index (χ0n) is 9.41. The monoisotopic (exact) mass is 211 g/mol. The Bertz CT molecular complexity index is 335. The van der Waals surface area contributed by atoms with Gasteiger partial charge >= 0.3 is 5.97 Å². The van der Waals surface area contributed by atoms with Crippen molar-refractivity contribution in [2.45, 2.75) is 33.1 Å². The Kier molecular flexibility index (Phi) is 2.07. The lowest BCUT2D eigenvalue weighted by Crippen LogP contribution is -2.44. The number of oxime groups is 1. The van der Waals surface area contributed by atoms with Gasteiger partial charge in [0, 0.05) is 0 Å². The molecule has 4 heteroatoms. The van der Waals surface area contributed by atoms with E-state index in [1.165, 1.54) is 7.11 Å². The summed E-state index contributed by atoms with van der Waals surface area (Å²) in [5.41, 5.74) is -0.223. The smallest absolute Gasteiger partial charge is 0.318 e. The molecule has 2 atom stereocenters. The topological polar surface area (TPSA) is 58.9 Å². The number of fused-ring (bicyclic) bond motifs is 2. The van der Waals surface area contributed by atoms with Crippen LogP contribution in [0.1, 0.15) is 33.1 Å². The van der Waals surface area contributed by atoms with Gasteiger partial charge in [-0.1, -0.05) is 19.0 Å². The van der Waals surface area contributed by atoms with Crippen molar-refractivity contribution < 1.29 is 14.7 Å². The standard InChI is InChI=1S/C11H17NO3/c1-10(2)7-4-5-11(10,9(13)15-3)8(6-7)12-14/h7,14H,4-6H2,1-3H3/b12-8+/t7-,11-/m1/s1. The average molecular weight is 211 g/mol. The summed E-state index contributed by atoms with van der Waals surface area (Å²) in [7, 11) is 1.40. The molecule has 0 radical (unpaired) electrons. The molecule has 2 aliphatic rings. The van der Waals surface area contributed by atoms with E-state index >= 15 is 0 Å². The summed E-state index contributed by atoms with van der Waals surface area (Å²) >= 11 is 0. The van der Waals surface area contributed by atoms with Gasteiger partial charge in [0.05, 0.1) is 12.8 Å². The van der Waals surface area contributed by atoms with Gasteiger partial charge in [0.2, 0.25) is 0 Å². The van der Waals surface area contributed by atoms with E-state index in [-0.39, 0.29) is 11.4 Å². The first-order chi connectivity index (χ1) is 7.00. The summed E-state index contributed by atoms with van der Waals surface area (Å²) in [5, 5.41) is 12.3. The highest BCUT2D eigenvalue weighted by molar-refractivity contribution is 6.10. The second kappa shape index (κ2) is 2.97. The number of rotatable bonds is 1. The molecule has 1 N–H and O–H groups in total. The van der Waals surface area contributed by atoms with Crippen molar-refractivity contribution in [1.82, 2.24) is 0 Å². The fraction of sp³-hybridized carbons (Fsp3) is 0.818. The summed E-state index contributed by atoms with van der Waals surface area (Å²) in [5.74, 6) is 0.183. The van der Waals surface area contributed by atoms with Crippen LogP contribution in [0.3, 0.4) is 0 Å². The molecule has 0 spiro atoms. The second-order valence-electron chi connectivity index (χ2n) is 5.11. The van der Waals surface area contributed by atoms with Crippen molar-refractivity contribution >= 4 is 11.7 Å². The summed E-state index contributed by atoms with van der Waals surface area (Å²) in [6.07, 6.45) is 2.48. The number of carbonyl (C=O) groups excluding carboxylic acids is 1. The number of hydrogen-bond donors (Lipinski definition) is 1. The number of esters is 1. The molecule has 15 heavy (non-hydrogen) atoms. The van der Waals surface area contributed by atoms with E-state index in [0.29, 0.717) is 11.6 Å². The molecule has 0 amide bonds. The zero-order chi connectivity index (χ0) is 11.3. The highest BCUT2D eigenvalue weighted by Gasteiger charge is 2.67. The SMILES string of the molecule is COC(=O)[C@@]12CC[C@H](C/C1=N\O)C2(C)C. The first-order valence-electron chi connectivity index (χ1n) is 5.30. The maximum Gasteiger partial charge on any atom is 0.318 e. The minimum absolute atomic E-state index is 0.151. The van der Waals surface area contributed by atoms with E-state index in [1.807, 2.05) is 0 Å². The maximum atomic E-state index is 12.0. The van der Waals surface area contributed by atoms with Crippen LogP contribution in [-0.4, -0.2) is 24.0 Å². The summed E-state index contributed by atoms with van der Waals surface area (Å²) in [6, 6.07) is 0. The third kappa shape index (κ3) is 0.971. The normalized spacial score (nSPS) is 39.7. The molecule has 84 valence electrons. The average Bonchev–Trinajstić information content (AvgIpc) is 2.62. The molecule has 2 fully saturated rings. The lowest BCUT2D eigenvalue weighted by Gasteiger charge is -2.34. The molecule has 0 heterocycles. The first kappa shape index (κ1) is 10.5. The number of carbonyl (C=O) groups is 1. The molecular weight excluding hydrogens is 194 g/mol. The molecule has 0 saturated heterocycles. The van der Waals surface area contributed by atoms with Gasteiger partial charge in [-0.25, -0.2) is 0 Å². The van der Waals surface area contributed by atoms with Crippen LogP contribution in [-0.2, 0) is 9.53 Å². The van der Waals surface area contributed by atoms with Crippen molar-refractivity contribution in [3.05, 3.63) is 0 Å². The van der Waals surface area contributed by atoms with Crippen molar-refractivity contribution in [2.24, 2.45) is 21.9 Å². The fourth-order valence-corrected chi connectivity index (χ4v) is 3.49. The van der Waals surface area contributed by atoms with E-state index in [4.69, 9.17) is 9.94 Å². The molecule has 2 bridgehead atoms. The third-order valence-corrected chi connectivity index (χ3v) is 4.58. The van der Waals surface area contributed by atoms with Gasteiger partial charge in [0.25, 0.3) is 0 Å². The Labute approximate surface area is 89.3 Å². The Morgan fingerprint density at radius 1 is 1.60 bits per heavy atom. The predicted octanol–water partition coefficient (Wildman–Crippen LogP) is 1.82. The lowest BCUT2D eigenvalue weighted by molar-refractivity contribution is -0.152. The number of hydrogen-bond acceptors (Lipinski definition) is 4. The molecule has 2 saturated carbocycles. The lowest BCUT2D eigenvalue weighted by atomic mass is 9.68. The van der Waals surface area contributed by atoms with Gasteiger partial charge in [0.1, 0.15) is 5.41 Å². The highest BCUT2D eigenvalue weighted by Crippen LogP contribution is 2.64. The zero-order valence-corrected chi connectivity index (χ0v) is 9.41. The molecule has 2 rings (SSSR count). The van der Waals surface area contributed by atoms with Gasteiger partial charge in [-0.2, -0.15) is 0 Å². The van der Waals surface area contributed by atoms with Crippen LogP contribution in [0.4, 0.5) is 0 Å². The highest BCUT2D eigenvalue weighted by atomic mass is 16.5. The van der Waals surface area contributed by atoms with Gasteiger partial charge in [-0.3, -0.25) is 4.79 Å². The van der Waals surface area contributed by atoms with E-state index in [1.54, 1.807) is 0 Å². The van der Waals surface area contributed by atoms with Crippen LogP contribution in [0.15, 0.2) is 5.16 Å². The number of methoxy groups -OCH3 is 1. The van der Waals surface area contributed by atoms with Gasteiger partial charge in [0.15, 0.2) is 0 Å². The molecular formula is C11H17NO3. The molecule has 0 aliphatic heterocycles. The molecule has 0 aromatic carbocycles. The van der Waals surface area contributed by atoms with Crippen LogP contribution in [0.5, 0.6) is 0 Å². The van der Waals surface area contributed by atoms with E-state index in [0.717, 1.165) is 19.3 Å². The Hall–Kier alpha value is -1.06. The number of nitrogens with zero attached hydrogens (tertiary/aromatic N) is 1. The molecule has 0 unspecified atom stereocenters. The van der Waals surface area contributed by atoms with Crippen LogP contribution in [0, 0.1) is 16.7 Å². The summed E-state index contributed by atoms with van der Waals surface area (Å²) in [6.45, 7) is 4.14. The van der Waals surface area contributed by atoms with Crippen molar-refractivity contribution in [3.63, 3.8) is 0 Å². The van der Waals surface area contributed by atoms with E-state index < -0.39 is 5.41 Å². The number of ether oxygens (including phenoxy) is 1. The van der Waals surface area contributed by atoms with E-state index in [9.17, 15) is 4.79 Å². The van der Waals surface area contributed by atoms with Crippen molar-refractivity contribution in [2.75, 3.05) is 7.11 Å². The Balaban J connectivity index is 2.53. The molecule has 0 aromatic heterocycles. The van der Waals surface area contributed by atoms with Crippen LogP contribution < -0.4 is 0 Å². The fourth-order valence-electron chi connectivity index (χ4n) is 3.49. The quantitative estimate of drug-likeness (QED) is 0.409. The van der Waals surface area contributed by atoms with Crippen LogP contribution >= 0.6 is 0 Å². The minimum atomic E-state index is -0.679. The maximum absolute atomic E-state index is 12.0. The van der Waals surface area contributed by atoms with Crippen molar-refractivity contribution in [3.8, 4) is 0 Å². The summed E-state index contributed by atoms with van der Waals surface area (Å²) in [4.78, 5) is 12.0. The Morgan fingerprint density at radius 2 is 2.27 bits per heavy atom.